The lowest BCUT2D eigenvalue weighted by Crippen LogP contribution is -2.39. The molecule has 0 atom stereocenters. The van der Waals surface area contributed by atoms with E-state index in [1.165, 1.54) is 0 Å². The number of rotatable bonds is 6. The predicted molar refractivity (Wildman–Crippen MR) is 97.7 cm³/mol. The van der Waals surface area contributed by atoms with Crippen molar-refractivity contribution >= 4 is 11.8 Å². The van der Waals surface area contributed by atoms with Crippen molar-refractivity contribution in [2.75, 3.05) is 6.54 Å². The number of carbonyl (C=O) groups is 2. The van der Waals surface area contributed by atoms with E-state index in [1.807, 2.05) is 0 Å². The maximum absolute atomic E-state index is 13.7. The molecule has 0 unspecified atom stereocenters. The number of hydrogen-bond acceptors (Lipinski definition) is 2. The fourth-order valence-electron chi connectivity index (χ4n) is 2.93. The molecule has 0 bridgehead atoms. The van der Waals surface area contributed by atoms with E-state index in [9.17, 15) is 44.7 Å². The first-order chi connectivity index (χ1) is 14.8. The molecular formula is C21H17F8NO2. The molecule has 0 saturated heterocycles. The van der Waals surface area contributed by atoms with E-state index in [4.69, 9.17) is 0 Å². The number of nitrogens with zero attached hydrogens (tertiary/aromatic N) is 1. The first-order valence-corrected chi connectivity index (χ1v) is 9.36. The van der Waals surface area contributed by atoms with E-state index < -0.39 is 64.6 Å². The van der Waals surface area contributed by atoms with Crippen molar-refractivity contribution in [3.8, 4) is 0 Å². The van der Waals surface area contributed by atoms with Gasteiger partial charge in [0, 0.05) is 12.1 Å². The topological polar surface area (TPSA) is 37.4 Å². The first kappa shape index (κ1) is 25.3. The van der Waals surface area contributed by atoms with Gasteiger partial charge in [-0.1, -0.05) is 19.8 Å². The number of imide groups is 1. The highest BCUT2D eigenvalue weighted by molar-refractivity contribution is 6.11. The summed E-state index contributed by atoms with van der Waals surface area (Å²) in [4.78, 5) is 26.0. The number of carbonyl (C=O) groups excluding carboxylic acids is 2. The van der Waals surface area contributed by atoms with Crippen LogP contribution in [0.3, 0.4) is 0 Å². The molecule has 32 heavy (non-hydrogen) atoms. The van der Waals surface area contributed by atoms with Crippen molar-refractivity contribution in [2.45, 2.75) is 38.5 Å². The first-order valence-electron chi connectivity index (χ1n) is 9.36. The summed E-state index contributed by atoms with van der Waals surface area (Å²) in [6, 6.07) is 1.95. The zero-order valence-electron chi connectivity index (χ0n) is 16.6. The van der Waals surface area contributed by atoms with Gasteiger partial charge in [-0.25, -0.2) is 8.78 Å². The summed E-state index contributed by atoms with van der Waals surface area (Å²) in [5.74, 6) is -5.61. The maximum Gasteiger partial charge on any atom is 0.417 e. The smallest absolute Gasteiger partial charge is 0.274 e. The monoisotopic (exact) mass is 467 g/mol. The summed E-state index contributed by atoms with van der Waals surface area (Å²) in [6.45, 7) is 1.29. The van der Waals surface area contributed by atoms with Crippen molar-refractivity contribution in [3.05, 3.63) is 70.3 Å². The molecule has 0 aliphatic heterocycles. The molecule has 0 spiro atoms. The molecule has 0 aromatic heterocycles. The van der Waals surface area contributed by atoms with E-state index in [1.54, 1.807) is 6.92 Å². The summed E-state index contributed by atoms with van der Waals surface area (Å²) in [7, 11) is 0. The SMILES string of the molecule is CCCCCN(C(=O)c1cc(F)cc(C(F)(F)F)c1)C(=O)c1cc(F)ccc1C(F)(F)F. The van der Waals surface area contributed by atoms with Gasteiger partial charge in [-0.2, -0.15) is 26.3 Å². The standard InChI is InChI=1S/C21H17F8NO2/c1-2-3-4-7-30(18(31)12-8-13(20(24,25)26)10-15(23)9-12)19(32)16-11-14(22)5-6-17(16)21(27,28)29/h5-6,8-11H,2-4,7H2,1H3. The minimum absolute atomic E-state index is 0.117. The van der Waals surface area contributed by atoms with Gasteiger partial charge in [0.15, 0.2) is 0 Å². The van der Waals surface area contributed by atoms with E-state index in [0.717, 1.165) is 0 Å². The Hall–Kier alpha value is -2.98. The van der Waals surface area contributed by atoms with Crippen LogP contribution >= 0.6 is 0 Å². The van der Waals surface area contributed by atoms with Gasteiger partial charge in [-0.15, -0.1) is 0 Å². The van der Waals surface area contributed by atoms with Crippen LogP contribution < -0.4 is 0 Å². The summed E-state index contributed by atoms with van der Waals surface area (Å²) in [5.41, 5.74) is -5.10. The Labute approximate surface area is 177 Å². The van der Waals surface area contributed by atoms with Gasteiger partial charge in [0.1, 0.15) is 11.6 Å². The Bertz CT molecular complexity index is 998. The fourth-order valence-corrected chi connectivity index (χ4v) is 2.93. The summed E-state index contributed by atoms with van der Waals surface area (Å²) >= 11 is 0. The Kier molecular flexibility index (Phi) is 7.63. The second-order valence-electron chi connectivity index (χ2n) is 6.88. The zero-order chi connectivity index (χ0) is 24.3. The number of unbranched alkanes of at least 4 members (excludes halogenated alkanes) is 2. The number of hydrogen-bond donors (Lipinski definition) is 0. The highest BCUT2D eigenvalue weighted by atomic mass is 19.4. The molecule has 0 heterocycles. The van der Waals surface area contributed by atoms with Crippen LogP contribution in [-0.4, -0.2) is 23.3 Å². The zero-order valence-corrected chi connectivity index (χ0v) is 16.6. The Balaban J connectivity index is 2.57. The highest BCUT2D eigenvalue weighted by Crippen LogP contribution is 2.34. The Morgan fingerprint density at radius 3 is 2.03 bits per heavy atom. The van der Waals surface area contributed by atoms with E-state index in [0.29, 0.717) is 37.1 Å². The molecule has 0 aliphatic rings. The van der Waals surface area contributed by atoms with Crippen molar-refractivity contribution < 1.29 is 44.7 Å². The number of benzene rings is 2. The molecule has 174 valence electrons. The molecule has 3 nitrogen and oxygen atoms in total. The van der Waals surface area contributed by atoms with Gasteiger partial charge < -0.3 is 0 Å². The van der Waals surface area contributed by atoms with E-state index in [-0.39, 0.29) is 23.5 Å². The van der Waals surface area contributed by atoms with E-state index >= 15 is 0 Å². The third kappa shape index (κ3) is 6.04. The van der Waals surface area contributed by atoms with Gasteiger partial charge in [0.05, 0.1) is 16.7 Å². The summed E-state index contributed by atoms with van der Waals surface area (Å²) < 4.78 is 106. The molecule has 2 amide bonds. The predicted octanol–water partition coefficient (Wildman–Crippen LogP) is 6.48. The second-order valence-corrected chi connectivity index (χ2v) is 6.88. The van der Waals surface area contributed by atoms with Gasteiger partial charge in [0.25, 0.3) is 11.8 Å². The summed E-state index contributed by atoms with van der Waals surface area (Å²) in [5, 5.41) is 0. The molecule has 0 saturated carbocycles. The lowest BCUT2D eigenvalue weighted by Gasteiger charge is -2.23. The molecule has 2 rings (SSSR count). The molecule has 2 aromatic carbocycles. The second kappa shape index (κ2) is 9.66. The van der Waals surface area contributed by atoms with Crippen LogP contribution in [0, 0.1) is 11.6 Å². The Morgan fingerprint density at radius 1 is 0.812 bits per heavy atom. The summed E-state index contributed by atoms with van der Waals surface area (Å²) in [6.07, 6.45) is -8.95. The maximum atomic E-state index is 13.7. The molecule has 0 radical (unpaired) electrons. The van der Waals surface area contributed by atoms with Crippen molar-refractivity contribution in [1.29, 1.82) is 0 Å². The molecule has 0 fully saturated rings. The molecule has 2 aromatic rings. The average molecular weight is 467 g/mol. The molecule has 0 N–H and O–H groups in total. The molecule has 0 aliphatic carbocycles. The highest BCUT2D eigenvalue weighted by Gasteiger charge is 2.38. The van der Waals surface area contributed by atoms with Crippen LogP contribution in [0.4, 0.5) is 35.1 Å². The van der Waals surface area contributed by atoms with Gasteiger partial charge >= 0.3 is 12.4 Å². The van der Waals surface area contributed by atoms with Crippen LogP contribution in [-0.2, 0) is 12.4 Å². The van der Waals surface area contributed by atoms with Gasteiger partial charge in [-0.05, 0) is 42.8 Å². The third-order valence-electron chi connectivity index (χ3n) is 4.47. The van der Waals surface area contributed by atoms with Crippen LogP contribution in [0.2, 0.25) is 0 Å². The normalized spacial score (nSPS) is 12.0. The number of alkyl halides is 6. The molecule has 11 heteroatoms. The number of amides is 2. The van der Waals surface area contributed by atoms with Crippen LogP contribution in [0.25, 0.3) is 0 Å². The minimum atomic E-state index is -5.07. The third-order valence-corrected chi connectivity index (χ3v) is 4.47. The van der Waals surface area contributed by atoms with Crippen molar-refractivity contribution in [1.82, 2.24) is 4.90 Å². The van der Waals surface area contributed by atoms with E-state index in [2.05, 4.69) is 0 Å². The number of halogens is 8. The van der Waals surface area contributed by atoms with Gasteiger partial charge in [0.2, 0.25) is 0 Å². The fraction of sp³-hybridized carbons (Fsp3) is 0.333. The van der Waals surface area contributed by atoms with Crippen LogP contribution in [0.5, 0.6) is 0 Å². The van der Waals surface area contributed by atoms with Crippen molar-refractivity contribution in [2.24, 2.45) is 0 Å². The van der Waals surface area contributed by atoms with Crippen LogP contribution in [0.1, 0.15) is 58.0 Å². The average Bonchev–Trinajstić information content (AvgIpc) is 2.68. The van der Waals surface area contributed by atoms with Crippen LogP contribution in [0.15, 0.2) is 36.4 Å². The van der Waals surface area contributed by atoms with Gasteiger partial charge in [-0.3, -0.25) is 14.5 Å². The molecular weight excluding hydrogens is 450 g/mol. The minimum Gasteiger partial charge on any atom is -0.274 e. The lowest BCUT2D eigenvalue weighted by molar-refractivity contribution is -0.138. The lowest BCUT2D eigenvalue weighted by atomic mass is 10.0. The Morgan fingerprint density at radius 2 is 1.47 bits per heavy atom. The quantitative estimate of drug-likeness (QED) is 0.277. The van der Waals surface area contributed by atoms with Crippen molar-refractivity contribution in [3.63, 3.8) is 0 Å². The largest absolute Gasteiger partial charge is 0.417 e.